The first-order valence-electron chi connectivity index (χ1n) is 18.7. The standard InChI is InChI=1S/C39H54ClN3O7S/c1-25-7-5-9-32(38-48-20-30(21-49-38)42(2)3)31-13-10-28(31)19-43-23-39(16-6-8-26-17-29(40)12-14-33(26)39)24-50-35-15-11-27(18-34(35)43)37(44)41-51(45,46)36(25)22-47-4/h11-12,14-15,17-18,25,28,30-32,36,38H,5-10,13,16,19-24H2,1-4H3,(H,41,44)/t25?,28-,30-,31?,32?,36?,38+,39?/m0/s1. The number of hydrogen-bond acceptors (Lipinski definition) is 9. The van der Waals surface area contributed by atoms with Gasteiger partial charge in [0.15, 0.2) is 6.29 Å². The molecule has 1 N–H and O–H groups in total. The number of anilines is 1. The summed E-state index contributed by atoms with van der Waals surface area (Å²) in [6.07, 6.45) is 7.26. The van der Waals surface area contributed by atoms with Crippen LogP contribution < -0.4 is 14.4 Å². The van der Waals surface area contributed by atoms with Crippen molar-refractivity contribution in [3.05, 3.63) is 58.1 Å². The molecule has 3 aliphatic heterocycles. The molecule has 2 aromatic carbocycles. The Morgan fingerprint density at radius 3 is 2.57 bits per heavy atom. The van der Waals surface area contributed by atoms with E-state index in [-0.39, 0.29) is 41.8 Å². The van der Waals surface area contributed by atoms with Gasteiger partial charge in [-0.1, -0.05) is 31.0 Å². The van der Waals surface area contributed by atoms with E-state index in [1.165, 1.54) is 18.2 Å². The minimum Gasteiger partial charge on any atom is -0.490 e. The molecule has 2 bridgehead atoms. The van der Waals surface area contributed by atoms with Gasteiger partial charge in [0.1, 0.15) is 11.0 Å². The number of carbonyl (C=O) groups is 1. The Hall–Kier alpha value is -2.41. The average molecular weight is 744 g/mol. The molecule has 3 heterocycles. The second-order valence-corrected chi connectivity index (χ2v) is 18.3. The van der Waals surface area contributed by atoms with Gasteiger partial charge >= 0.3 is 0 Å². The number of fused-ring (bicyclic) bond motifs is 4. The van der Waals surface area contributed by atoms with Crippen molar-refractivity contribution < 1.29 is 32.2 Å². The number of sulfonamides is 1. The van der Waals surface area contributed by atoms with Gasteiger partial charge in [0.2, 0.25) is 10.0 Å². The highest BCUT2D eigenvalue weighted by molar-refractivity contribution is 7.90. The van der Waals surface area contributed by atoms with E-state index in [4.69, 9.17) is 30.5 Å². The third-order valence-electron chi connectivity index (χ3n) is 12.6. The molecule has 1 saturated heterocycles. The molecule has 2 aliphatic carbocycles. The number of hydrogen-bond donors (Lipinski definition) is 1. The smallest absolute Gasteiger partial charge is 0.264 e. The van der Waals surface area contributed by atoms with Gasteiger partial charge in [-0.2, -0.15) is 0 Å². The van der Waals surface area contributed by atoms with Crippen LogP contribution in [0.5, 0.6) is 5.75 Å². The molecule has 280 valence electrons. The minimum atomic E-state index is -4.05. The molecule has 0 aromatic heterocycles. The fraction of sp³-hybridized carbons (Fsp3) is 0.667. The molecule has 5 unspecified atom stereocenters. The van der Waals surface area contributed by atoms with Crippen molar-refractivity contribution >= 4 is 33.2 Å². The average Bonchev–Trinajstić information content (AvgIpc) is 3.24. The van der Waals surface area contributed by atoms with Crippen molar-refractivity contribution in [1.29, 1.82) is 0 Å². The fourth-order valence-corrected chi connectivity index (χ4v) is 11.2. The molecule has 2 fully saturated rings. The second kappa shape index (κ2) is 15.1. The van der Waals surface area contributed by atoms with Crippen LogP contribution in [-0.4, -0.2) is 97.5 Å². The first-order valence-corrected chi connectivity index (χ1v) is 20.7. The number of ether oxygens (including phenoxy) is 4. The number of rotatable bonds is 4. The van der Waals surface area contributed by atoms with Crippen molar-refractivity contribution in [3.8, 4) is 5.75 Å². The summed E-state index contributed by atoms with van der Waals surface area (Å²) in [7, 11) is 1.56. The Morgan fingerprint density at radius 1 is 1.04 bits per heavy atom. The third kappa shape index (κ3) is 7.53. The zero-order valence-corrected chi connectivity index (χ0v) is 32.0. The van der Waals surface area contributed by atoms with Gasteiger partial charge in [-0.05, 0) is 118 Å². The van der Waals surface area contributed by atoms with Crippen LogP contribution in [0.1, 0.15) is 73.4 Å². The Kier molecular flexibility index (Phi) is 11.0. The van der Waals surface area contributed by atoms with Gasteiger partial charge in [0.25, 0.3) is 5.91 Å². The van der Waals surface area contributed by atoms with E-state index >= 15 is 0 Å². The largest absolute Gasteiger partial charge is 0.490 e. The van der Waals surface area contributed by atoms with E-state index < -0.39 is 21.2 Å². The van der Waals surface area contributed by atoms with E-state index in [1.54, 1.807) is 6.07 Å². The van der Waals surface area contributed by atoms with Crippen molar-refractivity contribution in [1.82, 2.24) is 9.62 Å². The number of benzene rings is 2. The maximum absolute atomic E-state index is 13.8. The summed E-state index contributed by atoms with van der Waals surface area (Å²) in [5.74, 6) is 0.812. The number of nitrogens with zero attached hydrogens (tertiary/aromatic N) is 2. The molecular formula is C39H54ClN3O7S. The van der Waals surface area contributed by atoms with E-state index in [1.807, 2.05) is 25.1 Å². The van der Waals surface area contributed by atoms with Crippen molar-refractivity contribution in [2.45, 2.75) is 81.3 Å². The van der Waals surface area contributed by atoms with Gasteiger partial charge in [-0.15, -0.1) is 0 Å². The summed E-state index contributed by atoms with van der Waals surface area (Å²) in [6.45, 7) is 5.22. The highest BCUT2D eigenvalue weighted by Crippen LogP contribution is 2.49. The molecular weight excluding hydrogens is 690 g/mol. The number of likely N-dealkylation sites (N-methyl/N-ethyl adjacent to an activating group) is 1. The number of halogens is 1. The first-order chi connectivity index (χ1) is 24.5. The Balaban J connectivity index is 1.27. The topological polar surface area (TPSA) is 107 Å². The molecule has 1 saturated carbocycles. The van der Waals surface area contributed by atoms with E-state index in [2.05, 4.69) is 40.7 Å². The lowest BCUT2D eigenvalue weighted by Crippen LogP contribution is -2.52. The maximum Gasteiger partial charge on any atom is 0.264 e. The highest BCUT2D eigenvalue weighted by Gasteiger charge is 2.47. The summed E-state index contributed by atoms with van der Waals surface area (Å²) in [5, 5.41) is -0.133. The van der Waals surface area contributed by atoms with Crippen molar-refractivity contribution in [2.75, 3.05) is 65.6 Å². The van der Waals surface area contributed by atoms with Gasteiger partial charge in [0, 0.05) is 42.1 Å². The second-order valence-electron chi connectivity index (χ2n) is 16.0. The summed E-state index contributed by atoms with van der Waals surface area (Å²) >= 11 is 6.48. The summed E-state index contributed by atoms with van der Waals surface area (Å²) in [6, 6.07) is 11.8. The van der Waals surface area contributed by atoms with Crippen molar-refractivity contribution in [3.63, 3.8) is 0 Å². The van der Waals surface area contributed by atoms with Crippen LogP contribution in [0.4, 0.5) is 5.69 Å². The molecule has 1 amide bonds. The van der Waals surface area contributed by atoms with Gasteiger partial charge in [-0.25, -0.2) is 13.1 Å². The Morgan fingerprint density at radius 2 is 1.84 bits per heavy atom. The van der Waals surface area contributed by atoms with Crippen LogP contribution >= 0.6 is 11.6 Å². The monoisotopic (exact) mass is 743 g/mol. The Labute approximate surface area is 308 Å². The number of carbonyl (C=O) groups excluding carboxylic acids is 1. The SMILES string of the molecule is COCC1C(C)CCCC([C@H]2OC[C@@H](N(C)C)CO2)C2CC[C@H]2CN2CC3(CCCc4cc(Cl)ccc43)COc3ccc(cc32)C(=O)NS1(=O)=O. The van der Waals surface area contributed by atoms with Crippen LogP contribution in [0, 0.1) is 23.7 Å². The summed E-state index contributed by atoms with van der Waals surface area (Å²) < 4.78 is 55.1. The number of methoxy groups -OCH3 is 1. The Bertz CT molecular complexity index is 1680. The minimum absolute atomic E-state index is 0.000741. The number of amides is 1. The molecule has 7 rings (SSSR count). The molecule has 10 nitrogen and oxygen atoms in total. The van der Waals surface area contributed by atoms with E-state index in [0.717, 1.165) is 68.7 Å². The van der Waals surface area contributed by atoms with E-state index in [0.29, 0.717) is 43.8 Å². The van der Waals surface area contributed by atoms with Crippen LogP contribution in [0.3, 0.4) is 0 Å². The van der Waals surface area contributed by atoms with E-state index in [9.17, 15) is 13.2 Å². The molecule has 12 heteroatoms. The van der Waals surface area contributed by atoms with Crippen LogP contribution in [0.25, 0.3) is 0 Å². The molecule has 6 atom stereocenters. The number of aryl methyl sites for hydroxylation is 1. The van der Waals surface area contributed by atoms with Crippen LogP contribution in [0.15, 0.2) is 36.4 Å². The molecule has 1 spiro atoms. The number of nitrogens with one attached hydrogen (secondary N) is 1. The molecule has 51 heavy (non-hydrogen) atoms. The maximum atomic E-state index is 13.8. The van der Waals surface area contributed by atoms with Gasteiger partial charge in [-0.3, -0.25) is 4.79 Å². The molecule has 0 radical (unpaired) electrons. The van der Waals surface area contributed by atoms with Crippen molar-refractivity contribution in [2.24, 2.45) is 23.7 Å². The fourth-order valence-electron chi connectivity index (χ4n) is 9.38. The summed E-state index contributed by atoms with van der Waals surface area (Å²) in [5.41, 5.74) is 3.40. The highest BCUT2D eigenvalue weighted by atomic mass is 35.5. The van der Waals surface area contributed by atoms with Crippen LogP contribution in [-0.2, 0) is 36.1 Å². The summed E-state index contributed by atoms with van der Waals surface area (Å²) in [4.78, 5) is 18.3. The lowest BCUT2D eigenvalue weighted by Gasteiger charge is -2.49. The molecule has 2 aromatic rings. The van der Waals surface area contributed by atoms with Gasteiger partial charge in [0.05, 0.1) is 38.2 Å². The first kappa shape index (κ1) is 36.9. The zero-order valence-electron chi connectivity index (χ0n) is 30.4. The zero-order chi connectivity index (χ0) is 35.9. The lowest BCUT2D eigenvalue weighted by atomic mass is 9.64. The third-order valence-corrected chi connectivity index (χ3v) is 14.7. The van der Waals surface area contributed by atoms with Crippen LogP contribution in [0.2, 0.25) is 5.02 Å². The van der Waals surface area contributed by atoms with Gasteiger partial charge < -0.3 is 28.7 Å². The predicted octanol–water partition coefficient (Wildman–Crippen LogP) is 5.65. The lowest BCUT2D eigenvalue weighted by molar-refractivity contribution is -0.240. The quantitative estimate of drug-likeness (QED) is 0.425. The predicted molar refractivity (Wildman–Crippen MR) is 198 cm³/mol. The normalized spacial score (nSPS) is 34.0. The molecule has 5 aliphatic rings.